The molecule has 9 nitrogen and oxygen atoms in total. The Morgan fingerprint density at radius 1 is 0.912 bits per heavy atom. The van der Waals surface area contributed by atoms with Crippen molar-refractivity contribution in [3.63, 3.8) is 0 Å². The van der Waals surface area contributed by atoms with E-state index in [9.17, 15) is 14.4 Å². The molecule has 0 saturated carbocycles. The van der Waals surface area contributed by atoms with Gasteiger partial charge >= 0.3 is 0 Å². The maximum Gasteiger partial charge on any atom is 0.265 e. The summed E-state index contributed by atoms with van der Waals surface area (Å²) < 4.78 is 6.52. The highest BCUT2D eigenvalue weighted by Crippen LogP contribution is 2.17. The molecule has 172 valence electrons. The lowest BCUT2D eigenvalue weighted by Crippen LogP contribution is -2.19. The van der Waals surface area contributed by atoms with E-state index in [1.165, 1.54) is 22.2 Å². The summed E-state index contributed by atoms with van der Waals surface area (Å²) in [5, 5.41) is 14.2. The SMILES string of the molecule is COc1ccc(NC(=O)Cn2cc(NC(=O)c3cccc(NC(=O)c4cccs4)c3)cn2)cc1. The van der Waals surface area contributed by atoms with Crippen LogP contribution in [0.25, 0.3) is 0 Å². The molecule has 4 rings (SSSR count). The van der Waals surface area contributed by atoms with Crippen molar-refractivity contribution in [3.8, 4) is 5.75 Å². The summed E-state index contributed by atoms with van der Waals surface area (Å²) in [7, 11) is 1.57. The Hall–Kier alpha value is -4.44. The van der Waals surface area contributed by atoms with Crippen molar-refractivity contribution in [1.82, 2.24) is 9.78 Å². The molecule has 2 heterocycles. The third kappa shape index (κ3) is 5.87. The second-order valence-corrected chi connectivity index (χ2v) is 8.12. The number of aromatic nitrogens is 2. The molecule has 4 aromatic rings. The predicted molar refractivity (Wildman–Crippen MR) is 131 cm³/mol. The fraction of sp³-hybridized carbons (Fsp3) is 0.0833. The van der Waals surface area contributed by atoms with Crippen molar-refractivity contribution in [2.75, 3.05) is 23.1 Å². The zero-order valence-corrected chi connectivity index (χ0v) is 19.0. The first kappa shape index (κ1) is 22.7. The summed E-state index contributed by atoms with van der Waals surface area (Å²) in [4.78, 5) is 37.7. The fourth-order valence-electron chi connectivity index (χ4n) is 3.08. The zero-order valence-electron chi connectivity index (χ0n) is 18.1. The van der Waals surface area contributed by atoms with Crippen molar-refractivity contribution < 1.29 is 19.1 Å². The number of ether oxygens (including phenoxy) is 1. The number of nitrogens with one attached hydrogen (secondary N) is 3. The Labute approximate surface area is 199 Å². The van der Waals surface area contributed by atoms with Gasteiger partial charge in [0.2, 0.25) is 5.91 Å². The molecular weight excluding hydrogens is 454 g/mol. The minimum atomic E-state index is -0.366. The van der Waals surface area contributed by atoms with E-state index < -0.39 is 0 Å². The van der Waals surface area contributed by atoms with Crippen molar-refractivity contribution in [2.24, 2.45) is 0 Å². The van der Waals surface area contributed by atoms with Crippen LogP contribution in [-0.4, -0.2) is 34.6 Å². The molecule has 0 fully saturated rings. The van der Waals surface area contributed by atoms with Crippen LogP contribution in [0.15, 0.2) is 78.4 Å². The van der Waals surface area contributed by atoms with Crippen LogP contribution < -0.4 is 20.7 Å². The van der Waals surface area contributed by atoms with E-state index in [1.807, 2.05) is 5.38 Å². The van der Waals surface area contributed by atoms with E-state index in [0.717, 1.165) is 0 Å². The summed E-state index contributed by atoms with van der Waals surface area (Å²) in [5.41, 5.74) is 1.96. The number of hydrogen-bond donors (Lipinski definition) is 3. The van der Waals surface area contributed by atoms with E-state index >= 15 is 0 Å². The Balaban J connectivity index is 1.33. The van der Waals surface area contributed by atoms with Crippen LogP contribution in [0.3, 0.4) is 0 Å². The quantitative estimate of drug-likeness (QED) is 0.355. The monoisotopic (exact) mass is 475 g/mol. The molecule has 3 N–H and O–H groups in total. The van der Waals surface area contributed by atoms with Crippen molar-refractivity contribution in [1.29, 1.82) is 0 Å². The van der Waals surface area contributed by atoms with Crippen molar-refractivity contribution in [2.45, 2.75) is 6.54 Å². The Kier molecular flexibility index (Phi) is 6.99. The average Bonchev–Trinajstić information content (AvgIpc) is 3.52. The summed E-state index contributed by atoms with van der Waals surface area (Å²) in [6.45, 7) is -0.0217. The van der Waals surface area contributed by atoms with Gasteiger partial charge in [-0.3, -0.25) is 19.1 Å². The number of benzene rings is 2. The molecule has 0 aliphatic carbocycles. The topological polar surface area (TPSA) is 114 Å². The zero-order chi connectivity index (χ0) is 23.9. The number of thiophene rings is 1. The van der Waals surface area contributed by atoms with Gasteiger partial charge < -0.3 is 20.7 Å². The standard InChI is InChI=1S/C24H21N5O4S/c1-33-20-9-7-17(8-10-20)26-22(30)15-29-14-19(13-25-29)28-23(31)16-4-2-5-18(12-16)27-24(32)21-6-3-11-34-21/h2-14H,15H2,1H3,(H,26,30)(H,27,32)(H,28,31). The smallest absolute Gasteiger partial charge is 0.265 e. The fourth-order valence-corrected chi connectivity index (χ4v) is 3.70. The molecule has 0 aliphatic rings. The Morgan fingerprint density at radius 2 is 1.71 bits per heavy atom. The second kappa shape index (κ2) is 10.5. The minimum absolute atomic E-state index is 0.0217. The highest BCUT2D eigenvalue weighted by Gasteiger charge is 2.12. The van der Waals surface area contributed by atoms with Gasteiger partial charge in [0.25, 0.3) is 11.8 Å². The molecule has 0 radical (unpaired) electrons. The van der Waals surface area contributed by atoms with Gasteiger partial charge in [0, 0.05) is 23.1 Å². The average molecular weight is 476 g/mol. The van der Waals surface area contributed by atoms with E-state index in [4.69, 9.17) is 4.74 Å². The Morgan fingerprint density at radius 3 is 2.44 bits per heavy atom. The van der Waals surface area contributed by atoms with Gasteiger partial charge in [0.15, 0.2) is 0 Å². The van der Waals surface area contributed by atoms with E-state index in [-0.39, 0.29) is 24.3 Å². The molecule has 10 heteroatoms. The number of rotatable bonds is 8. The lowest BCUT2D eigenvalue weighted by Gasteiger charge is -2.07. The maximum absolute atomic E-state index is 12.7. The number of nitrogens with zero attached hydrogens (tertiary/aromatic N) is 2. The molecule has 34 heavy (non-hydrogen) atoms. The minimum Gasteiger partial charge on any atom is -0.497 e. The first-order valence-corrected chi connectivity index (χ1v) is 11.1. The van der Waals surface area contributed by atoms with Crippen molar-refractivity contribution in [3.05, 3.63) is 88.9 Å². The maximum atomic E-state index is 12.7. The van der Waals surface area contributed by atoms with Crippen LogP contribution in [0.4, 0.5) is 17.1 Å². The van der Waals surface area contributed by atoms with Gasteiger partial charge in [0.05, 0.1) is 23.9 Å². The molecule has 0 unspecified atom stereocenters. The van der Waals surface area contributed by atoms with E-state index in [1.54, 1.807) is 74.0 Å². The molecule has 0 saturated heterocycles. The first-order valence-electron chi connectivity index (χ1n) is 10.2. The van der Waals surface area contributed by atoms with Crippen molar-refractivity contribution >= 4 is 46.1 Å². The third-order valence-corrected chi connectivity index (χ3v) is 5.57. The van der Waals surface area contributed by atoms with Gasteiger partial charge in [-0.15, -0.1) is 11.3 Å². The molecule has 0 aliphatic heterocycles. The van der Waals surface area contributed by atoms with Gasteiger partial charge in [-0.05, 0) is 53.9 Å². The third-order valence-electron chi connectivity index (χ3n) is 4.70. The molecule has 0 atom stereocenters. The van der Waals surface area contributed by atoms with Crippen LogP contribution in [0.5, 0.6) is 5.75 Å². The number of methoxy groups -OCH3 is 1. The van der Waals surface area contributed by atoms with Gasteiger partial charge in [-0.25, -0.2) is 0 Å². The largest absolute Gasteiger partial charge is 0.497 e. The number of anilines is 3. The molecule has 0 spiro atoms. The Bertz CT molecular complexity index is 1300. The van der Waals surface area contributed by atoms with Gasteiger partial charge in [-0.2, -0.15) is 5.10 Å². The lowest BCUT2D eigenvalue weighted by molar-refractivity contribution is -0.116. The summed E-state index contributed by atoms with van der Waals surface area (Å²) in [6.07, 6.45) is 3.02. The summed E-state index contributed by atoms with van der Waals surface area (Å²) >= 11 is 1.34. The second-order valence-electron chi connectivity index (χ2n) is 7.17. The van der Waals surface area contributed by atoms with Crippen LogP contribution in [0.1, 0.15) is 20.0 Å². The first-order chi connectivity index (χ1) is 16.5. The highest BCUT2D eigenvalue weighted by atomic mass is 32.1. The van der Waals surface area contributed by atoms with Crippen LogP contribution in [-0.2, 0) is 11.3 Å². The number of hydrogen-bond acceptors (Lipinski definition) is 6. The van der Waals surface area contributed by atoms with E-state index in [0.29, 0.717) is 33.3 Å². The van der Waals surface area contributed by atoms with Gasteiger partial charge in [0.1, 0.15) is 12.3 Å². The number of amides is 3. The highest BCUT2D eigenvalue weighted by molar-refractivity contribution is 7.12. The molecule has 2 aromatic heterocycles. The lowest BCUT2D eigenvalue weighted by atomic mass is 10.2. The molecular formula is C24H21N5O4S. The number of carbonyl (C=O) groups is 3. The van der Waals surface area contributed by atoms with Crippen LogP contribution in [0.2, 0.25) is 0 Å². The summed E-state index contributed by atoms with van der Waals surface area (Å²) in [5.74, 6) is -0.169. The normalized spacial score (nSPS) is 10.4. The predicted octanol–water partition coefficient (Wildman–Crippen LogP) is 4.10. The molecule has 2 aromatic carbocycles. The molecule has 0 bridgehead atoms. The van der Waals surface area contributed by atoms with Crippen LogP contribution in [0, 0.1) is 0 Å². The number of carbonyl (C=O) groups excluding carboxylic acids is 3. The molecule has 3 amide bonds. The van der Waals surface area contributed by atoms with Crippen LogP contribution >= 0.6 is 11.3 Å². The van der Waals surface area contributed by atoms with Gasteiger partial charge in [-0.1, -0.05) is 12.1 Å². The summed E-state index contributed by atoms with van der Waals surface area (Å²) in [6, 6.07) is 17.1. The van der Waals surface area contributed by atoms with E-state index in [2.05, 4.69) is 21.0 Å².